The fraction of sp³-hybridized carbons (Fsp3) is 0.745. The van der Waals surface area contributed by atoms with Crippen LogP contribution in [0.3, 0.4) is 0 Å². The van der Waals surface area contributed by atoms with E-state index < -0.39 is 99.3 Å². The minimum absolute atomic E-state index is 0.117. The first kappa shape index (κ1) is 63.1. The monoisotopic (exact) mass is 993 g/mol. The van der Waals surface area contributed by atoms with E-state index in [9.17, 15) is 45.3 Å². The number of allylic oxidation sites excluding steroid dienone is 12. The Hall–Kier alpha value is -3.06. The zero-order chi connectivity index (χ0) is 51.0. The number of esters is 2. The third-order valence-electron chi connectivity index (χ3n) is 12.2. The Morgan fingerprint density at radius 3 is 1.40 bits per heavy atom. The third-order valence-corrected chi connectivity index (χ3v) is 12.2. The number of carbonyl (C=O) groups is 2. The van der Waals surface area contributed by atoms with E-state index >= 15 is 0 Å². The van der Waals surface area contributed by atoms with Crippen molar-refractivity contribution in [3.63, 3.8) is 0 Å². The van der Waals surface area contributed by atoms with E-state index in [1.54, 1.807) is 0 Å². The van der Waals surface area contributed by atoms with Gasteiger partial charge in [-0.3, -0.25) is 9.59 Å². The Morgan fingerprint density at radius 2 is 0.857 bits per heavy atom. The van der Waals surface area contributed by atoms with E-state index in [-0.39, 0.29) is 19.4 Å². The van der Waals surface area contributed by atoms with Crippen molar-refractivity contribution in [3.05, 3.63) is 72.9 Å². The van der Waals surface area contributed by atoms with Gasteiger partial charge in [0.1, 0.15) is 55.4 Å². The van der Waals surface area contributed by atoms with Gasteiger partial charge in [0.2, 0.25) is 0 Å². The molecule has 0 aromatic carbocycles. The van der Waals surface area contributed by atoms with Crippen LogP contribution in [0.2, 0.25) is 0 Å². The Balaban J connectivity index is 1.84. The average molecular weight is 993 g/mol. The predicted octanol–water partition coefficient (Wildman–Crippen LogP) is 7.82. The smallest absolute Gasteiger partial charge is 0.306 e. The second-order valence-electron chi connectivity index (χ2n) is 18.3. The molecule has 2 rings (SSSR count). The van der Waals surface area contributed by atoms with Crippen LogP contribution in [-0.2, 0) is 38.0 Å². The quantitative estimate of drug-likeness (QED) is 0.0176. The maximum atomic E-state index is 13.0. The van der Waals surface area contributed by atoms with Crippen LogP contribution in [0.4, 0.5) is 0 Å². The maximum absolute atomic E-state index is 13.0. The van der Waals surface area contributed by atoms with Crippen molar-refractivity contribution >= 4 is 11.9 Å². The summed E-state index contributed by atoms with van der Waals surface area (Å²) >= 11 is 0. The van der Waals surface area contributed by atoms with Crippen LogP contribution in [0, 0.1) is 0 Å². The Kier molecular flexibility index (Phi) is 37.3. The summed E-state index contributed by atoms with van der Waals surface area (Å²) in [6.07, 6.45) is 32.1. The van der Waals surface area contributed by atoms with Gasteiger partial charge in [0, 0.05) is 12.8 Å². The molecule has 0 bridgehead atoms. The van der Waals surface area contributed by atoms with E-state index in [1.165, 1.54) is 57.8 Å². The molecule has 11 atom stereocenters. The Labute approximate surface area is 419 Å². The molecule has 0 spiro atoms. The van der Waals surface area contributed by atoms with Gasteiger partial charge in [0.15, 0.2) is 18.7 Å². The van der Waals surface area contributed by atoms with E-state index in [4.69, 9.17) is 28.4 Å². The molecule has 70 heavy (non-hydrogen) atoms. The summed E-state index contributed by atoms with van der Waals surface area (Å²) in [6, 6.07) is 0. The second kappa shape index (κ2) is 41.4. The number of aliphatic hydroxyl groups excluding tert-OH is 7. The minimum atomic E-state index is -1.78. The molecule has 2 aliphatic rings. The van der Waals surface area contributed by atoms with Crippen LogP contribution in [0.25, 0.3) is 0 Å². The van der Waals surface area contributed by atoms with E-state index in [0.29, 0.717) is 12.8 Å². The lowest BCUT2D eigenvalue weighted by molar-refractivity contribution is -0.332. The van der Waals surface area contributed by atoms with E-state index in [0.717, 1.165) is 70.6 Å². The van der Waals surface area contributed by atoms with E-state index in [2.05, 4.69) is 86.8 Å². The highest BCUT2D eigenvalue weighted by molar-refractivity contribution is 5.70. The van der Waals surface area contributed by atoms with Gasteiger partial charge in [-0.05, 0) is 89.9 Å². The van der Waals surface area contributed by atoms with Crippen LogP contribution in [0.1, 0.15) is 168 Å². The first-order chi connectivity index (χ1) is 34.0. The minimum Gasteiger partial charge on any atom is -0.462 e. The van der Waals surface area contributed by atoms with Crippen molar-refractivity contribution in [2.45, 2.75) is 235 Å². The summed E-state index contributed by atoms with van der Waals surface area (Å²) in [4.78, 5) is 25.8. The lowest BCUT2D eigenvalue weighted by Gasteiger charge is -2.42. The molecular formula is C55H92O15. The molecule has 15 heteroatoms. The molecule has 0 amide bonds. The summed E-state index contributed by atoms with van der Waals surface area (Å²) in [5.41, 5.74) is 0. The van der Waals surface area contributed by atoms with Crippen molar-refractivity contribution in [2.75, 3.05) is 26.4 Å². The van der Waals surface area contributed by atoms with Crippen molar-refractivity contribution in [3.8, 4) is 0 Å². The molecule has 4 unspecified atom stereocenters. The topological polar surface area (TPSA) is 231 Å². The van der Waals surface area contributed by atoms with Crippen LogP contribution < -0.4 is 0 Å². The summed E-state index contributed by atoms with van der Waals surface area (Å²) in [6.45, 7) is 2.47. The zero-order valence-electron chi connectivity index (χ0n) is 42.5. The fourth-order valence-corrected chi connectivity index (χ4v) is 7.76. The van der Waals surface area contributed by atoms with Gasteiger partial charge in [-0.1, -0.05) is 138 Å². The molecule has 0 radical (unpaired) electrons. The van der Waals surface area contributed by atoms with Crippen LogP contribution in [0.15, 0.2) is 72.9 Å². The van der Waals surface area contributed by atoms with Gasteiger partial charge in [-0.2, -0.15) is 0 Å². The normalized spacial score (nSPS) is 26.0. The van der Waals surface area contributed by atoms with Gasteiger partial charge in [-0.15, -0.1) is 0 Å². The number of carbonyl (C=O) groups excluding carboxylic acids is 2. The van der Waals surface area contributed by atoms with Crippen molar-refractivity contribution < 1.29 is 73.8 Å². The fourth-order valence-electron chi connectivity index (χ4n) is 7.76. The Bertz CT molecular complexity index is 1490. The molecule has 7 N–H and O–H groups in total. The largest absolute Gasteiger partial charge is 0.462 e. The maximum Gasteiger partial charge on any atom is 0.306 e. The zero-order valence-corrected chi connectivity index (χ0v) is 42.5. The second-order valence-corrected chi connectivity index (χ2v) is 18.3. The molecule has 2 saturated heterocycles. The number of hydrogen-bond acceptors (Lipinski definition) is 15. The molecule has 2 fully saturated rings. The van der Waals surface area contributed by atoms with Gasteiger partial charge in [0.05, 0.1) is 19.8 Å². The molecule has 0 saturated carbocycles. The van der Waals surface area contributed by atoms with Gasteiger partial charge >= 0.3 is 11.9 Å². The molecule has 0 aromatic rings. The van der Waals surface area contributed by atoms with Gasteiger partial charge < -0.3 is 64.2 Å². The molecular weight excluding hydrogens is 901 g/mol. The van der Waals surface area contributed by atoms with Gasteiger partial charge in [0.25, 0.3) is 0 Å². The molecule has 2 aliphatic heterocycles. The molecule has 2 heterocycles. The van der Waals surface area contributed by atoms with Crippen molar-refractivity contribution in [1.29, 1.82) is 0 Å². The van der Waals surface area contributed by atoms with Crippen LogP contribution in [-0.4, -0.2) is 142 Å². The van der Waals surface area contributed by atoms with Crippen molar-refractivity contribution in [2.24, 2.45) is 0 Å². The number of hydrogen-bond donors (Lipinski definition) is 7. The van der Waals surface area contributed by atoms with Gasteiger partial charge in [-0.25, -0.2) is 0 Å². The first-order valence-electron chi connectivity index (χ1n) is 26.5. The van der Waals surface area contributed by atoms with Crippen molar-refractivity contribution in [1.82, 2.24) is 0 Å². The number of rotatable bonds is 40. The summed E-state index contributed by atoms with van der Waals surface area (Å²) in [5, 5.41) is 72.1. The molecule has 15 nitrogen and oxygen atoms in total. The Morgan fingerprint density at radius 1 is 0.457 bits per heavy atom. The van der Waals surface area contributed by atoms with Crippen LogP contribution >= 0.6 is 0 Å². The lowest BCUT2D eigenvalue weighted by Crippen LogP contribution is -2.61. The molecule has 0 aliphatic carbocycles. The SMILES string of the molecule is CCCCC/C=C/C/C=C/C/C=C/C/C=C/CCCCCC(=O)O[C@H](COC(=O)CCCC/C=C/C/C=C/CCCCCCCC)CO[C@H]1O[C@@H](CO[C@H]2O[C@@H](CO)[C@@H](O)C(O)C2O)[C@@H](O)C(O)C1O. The highest BCUT2D eigenvalue weighted by atomic mass is 16.7. The average Bonchev–Trinajstić information content (AvgIpc) is 3.35. The van der Waals surface area contributed by atoms with E-state index in [1.807, 2.05) is 0 Å². The summed E-state index contributed by atoms with van der Waals surface area (Å²) in [5.74, 6) is -1.00. The molecule has 0 aromatic heterocycles. The highest BCUT2D eigenvalue weighted by Crippen LogP contribution is 2.26. The first-order valence-corrected chi connectivity index (χ1v) is 26.5. The van der Waals surface area contributed by atoms with Crippen LogP contribution in [0.5, 0.6) is 0 Å². The number of ether oxygens (including phenoxy) is 6. The summed E-state index contributed by atoms with van der Waals surface area (Å²) < 4.78 is 33.5. The number of aliphatic hydroxyl groups is 7. The number of unbranched alkanes of at least 4 members (excludes halogenated alkanes) is 14. The third kappa shape index (κ3) is 28.8. The predicted molar refractivity (Wildman–Crippen MR) is 270 cm³/mol. The highest BCUT2D eigenvalue weighted by Gasteiger charge is 2.47. The molecule has 402 valence electrons. The standard InChI is InChI=1S/C55H92O15/c1-3-5-7-9-11-13-15-17-19-20-21-22-24-26-28-30-32-34-36-38-47(58)68-43(40-65-46(57)37-35-33-31-29-27-25-23-18-16-14-12-10-8-6-4-2)41-66-54-53(64)51(62)49(60)45(70-54)42-67-55-52(63)50(61)48(59)44(39-56)69-55/h11,13,17-19,21-23,26-29,43-45,48-56,59-64H,3-10,12,14-16,20,24-25,30-42H2,1-2H3/b13-11+,19-17+,22-21+,23-18+,28-26+,29-27+/t43-,44+,45+,48-,49-,50?,51?,52?,53?,54+,55+/m1/s1. The summed E-state index contributed by atoms with van der Waals surface area (Å²) in [7, 11) is 0. The lowest BCUT2D eigenvalue weighted by atomic mass is 9.98.